The molecule has 13 heteroatoms. The van der Waals surface area contributed by atoms with Gasteiger partial charge in [-0.1, -0.05) is 30.3 Å². The standard InChI is InChI=1S/C10H7F6NO4S2/c11-9(12,13)22(18,19)17(23(20,21)10(14,15)16)7-6-8-4-2-1-3-5-8/h1-7H. The van der Waals surface area contributed by atoms with Crippen molar-refractivity contribution in [2.75, 3.05) is 0 Å². The van der Waals surface area contributed by atoms with Crippen molar-refractivity contribution < 1.29 is 43.2 Å². The summed E-state index contributed by atoms with van der Waals surface area (Å²) in [6, 6.07) is 6.57. The van der Waals surface area contributed by atoms with E-state index in [-0.39, 0.29) is 11.8 Å². The molecule has 0 aliphatic heterocycles. The first-order chi connectivity index (χ1) is 10.2. The first-order valence-corrected chi connectivity index (χ1v) is 8.24. The quantitative estimate of drug-likeness (QED) is 0.750. The van der Waals surface area contributed by atoms with Crippen molar-refractivity contribution in [3.8, 4) is 0 Å². The minimum atomic E-state index is -6.81. The van der Waals surface area contributed by atoms with Gasteiger partial charge in [0.2, 0.25) is 0 Å². The van der Waals surface area contributed by atoms with Gasteiger partial charge in [0.25, 0.3) is 0 Å². The number of hydrogen-bond donors (Lipinski definition) is 0. The largest absolute Gasteiger partial charge is 0.517 e. The molecule has 0 saturated carbocycles. The highest BCUT2D eigenvalue weighted by Gasteiger charge is 2.60. The Morgan fingerprint density at radius 1 is 0.783 bits per heavy atom. The molecule has 0 aromatic heterocycles. The minimum Gasteiger partial charge on any atom is -0.196 e. The van der Waals surface area contributed by atoms with E-state index in [4.69, 9.17) is 0 Å². The highest BCUT2D eigenvalue weighted by molar-refractivity contribution is 8.05. The van der Waals surface area contributed by atoms with Gasteiger partial charge in [0.05, 0.1) is 0 Å². The summed E-state index contributed by atoms with van der Waals surface area (Å²) in [5.74, 6) is 0. The second-order valence-corrected chi connectivity index (χ2v) is 7.70. The molecular formula is C10H7F6NO4S2. The molecule has 0 atom stereocenters. The normalized spacial score (nSPS) is 14.2. The van der Waals surface area contributed by atoms with Crippen molar-refractivity contribution in [3.63, 3.8) is 0 Å². The number of rotatable bonds is 4. The molecule has 1 aromatic carbocycles. The van der Waals surface area contributed by atoms with Crippen LogP contribution in [0.5, 0.6) is 0 Å². The van der Waals surface area contributed by atoms with Crippen LogP contribution < -0.4 is 0 Å². The van der Waals surface area contributed by atoms with E-state index in [9.17, 15) is 43.2 Å². The lowest BCUT2D eigenvalue weighted by Gasteiger charge is -2.22. The Kier molecular flexibility index (Phi) is 5.06. The van der Waals surface area contributed by atoms with E-state index in [0.29, 0.717) is 6.08 Å². The van der Waals surface area contributed by atoms with E-state index in [1.165, 1.54) is 30.3 Å². The molecule has 130 valence electrons. The van der Waals surface area contributed by atoms with E-state index in [2.05, 4.69) is 0 Å². The van der Waals surface area contributed by atoms with Gasteiger partial charge in [0.15, 0.2) is 0 Å². The van der Waals surface area contributed by atoms with Crippen LogP contribution in [0.2, 0.25) is 0 Å². The lowest BCUT2D eigenvalue weighted by Crippen LogP contribution is -2.46. The summed E-state index contributed by atoms with van der Waals surface area (Å²) < 4.78 is 117. The molecule has 0 spiro atoms. The molecule has 0 heterocycles. The molecule has 0 amide bonds. The minimum absolute atomic E-state index is 0.0211. The Labute approximate surface area is 126 Å². The van der Waals surface area contributed by atoms with Gasteiger partial charge < -0.3 is 0 Å². The summed E-state index contributed by atoms with van der Waals surface area (Å²) in [6.07, 6.45) is 0.160. The number of alkyl halides is 6. The number of halogens is 6. The van der Waals surface area contributed by atoms with Crippen LogP contribution in [0.15, 0.2) is 36.5 Å². The molecule has 23 heavy (non-hydrogen) atoms. The van der Waals surface area contributed by atoms with Crippen LogP contribution in [0, 0.1) is 0 Å². The Morgan fingerprint density at radius 3 is 1.52 bits per heavy atom. The zero-order valence-corrected chi connectivity index (χ0v) is 12.3. The summed E-state index contributed by atoms with van der Waals surface area (Å²) in [5.41, 5.74) is -12.5. The fraction of sp³-hybridized carbons (Fsp3) is 0.200. The van der Waals surface area contributed by atoms with Gasteiger partial charge >= 0.3 is 31.1 Å². The third-order valence-electron chi connectivity index (χ3n) is 2.25. The van der Waals surface area contributed by atoms with Crippen LogP contribution in [0.3, 0.4) is 0 Å². The topological polar surface area (TPSA) is 71.5 Å². The molecule has 1 rings (SSSR count). The second kappa shape index (κ2) is 6.03. The number of sulfonamides is 2. The molecule has 0 saturated heterocycles. The van der Waals surface area contributed by atoms with Gasteiger partial charge in [0.1, 0.15) is 0 Å². The molecule has 0 radical (unpaired) electrons. The lowest BCUT2D eigenvalue weighted by atomic mass is 10.2. The van der Waals surface area contributed by atoms with E-state index in [1.807, 2.05) is 0 Å². The van der Waals surface area contributed by atoms with E-state index in [0.717, 1.165) is 0 Å². The maximum Gasteiger partial charge on any atom is 0.517 e. The molecular weight excluding hydrogens is 376 g/mol. The monoisotopic (exact) mass is 383 g/mol. The van der Waals surface area contributed by atoms with Gasteiger partial charge in [-0.2, -0.15) is 46.9 Å². The molecule has 0 unspecified atom stereocenters. The van der Waals surface area contributed by atoms with Crippen molar-refractivity contribution in [1.29, 1.82) is 0 Å². The fourth-order valence-electron chi connectivity index (χ4n) is 1.20. The van der Waals surface area contributed by atoms with Crippen molar-refractivity contribution in [2.45, 2.75) is 11.0 Å². The highest BCUT2D eigenvalue weighted by atomic mass is 32.3. The first kappa shape index (κ1) is 19.3. The van der Waals surface area contributed by atoms with Gasteiger partial charge in [-0.3, -0.25) is 0 Å². The number of nitrogens with zero attached hydrogens (tertiary/aromatic N) is 1. The zero-order valence-electron chi connectivity index (χ0n) is 10.7. The summed E-state index contributed by atoms with van der Waals surface area (Å²) in [6.45, 7) is 0. The average Bonchev–Trinajstić information content (AvgIpc) is 2.37. The third-order valence-corrected chi connectivity index (χ3v) is 5.79. The Hall–Kier alpha value is -1.76. The summed E-state index contributed by atoms with van der Waals surface area (Å²) in [5, 5.41) is 0. The Bertz CT molecular complexity index is 737. The summed E-state index contributed by atoms with van der Waals surface area (Å²) >= 11 is 0. The van der Waals surface area contributed by atoms with Crippen molar-refractivity contribution >= 4 is 26.1 Å². The molecule has 0 aliphatic carbocycles. The van der Waals surface area contributed by atoms with E-state index in [1.54, 1.807) is 0 Å². The van der Waals surface area contributed by atoms with Gasteiger partial charge in [0, 0.05) is 6.20 Å². The predicted octanol–water partition coefficient (Wildman–Crippen LogP) is 2.66. The number of hydrogen-bond acceptors (Lipinski definition) is 4. The molecule has 0 bridgehead atoms. The molecule has 0 aliphatic rings. The molecule has 0 fully saturated rings. The van der Waals surface area contributed by atoms with Gasteiger partial charge in [-0.15, -0.1) is 0 Å². The van der Waals surface area contributed by atoms with Crippen molar-refractivity contribution in [1.82, 2.24) is 3.71 Å². The summed E-state index contributed by atoms with van der Waals surface area (Å²) in [4.78, 5) is 0. The van der Waals surface area contributed by atoms with Crippen LogP contribution in [0.25, 0.3) is 6.08 Å². The van der Waals surface area contributed by atoms with Crippen molar-refractivity contribution in [3.05, 3.63) is 42.1 Å². The second-order valence-electron chi connectivity index (χ2n) is 3.85. The maximum atomic E-state index is 12.4. The SMILES string of the molecule is O=S(=O)(N(C=Cc1ccccc1)S(=O)(=O)C(F)(F)F)C(F)(F)F. The molecule has 0 N–H and O–H groups in total. The third kappa shape index (κ3) is 3.96. The average molecular weight is 383 g/mol. The van der Waals surface area contributed by atoms with Crippen molar-refractivity contribution in [2.24, 2.45) is 0 Å². The maximum absolute atomic E-state index is 12.4. The smallest absolute Gasteiger partial charge is 0.196 e. The molecule has 1 aromatic rings. The van der Waals surface area contributed by atoms with Crippen LogP contribution >= 0.6 is 0 Å². The van der Waals surface area contributed by atoms with Gasteiger partial charge in [-0.05, 0) is 11.6 Å². The zero-order chi connectivity index (χ0) is 18.1. The first-order valence-electron chi connectivity index (χ1n) is 5.36. The fourth-order valence-corrected chi connectivity index (χ4v) is 3.60. The summed E-state index contributed by atoms with van der Waals surface area (Å²) in [7, 11) is -13.6. The number of benzene rings is 1. The van der Waals surface area contributed by atoms with Crippen LogP contribution in [-0.4, -0.2) is 31.6 Å². The van der Waals surface area contributed by atoms with Gasteiger partial charge in [-0.25, -0.2) is 0 Å². The molecule has 5 nitrogen and oxygen atoms in total. The van der Waals surface area contributed by atoms with Crippen LogP contribution in [0.4, 0.5) is 26.3 Å². The van der Waals surface area contributed by atoms with E-state index < -0.39 is 34.8 Å². The van der Waals surface area contributed by atoms with Crippen LogP contribution in [-0.2, 0) is 20.0 Å². The van der Waals surface area contributed by atoms with E-state index >= 15 is 0 Å². The Morgan fingerprint density at radius 2 is 1.17 bits per heavy atom. The Balaban J connectivity index is 3.50. The lowest BCUT2D eigenvalue weighted by molar-refractivity contribution is -0.0516. The predicted molar refractivity (Wildman–Crippen MR) is 67.3 cm³/mol. The van der Waals surface area contributed by atoms with Crippen LogP contribution in [0.1, 0.15) is 5.56 Å². The highest BCUT2D eigenvalue weighted by Crippen LogP contribution is 2.35.